The molecule has 2 aromatic heterocycles. The maximum Gasteiger partial charge on any atom is 0.283 e. The van der Waals surface area contributed by atoms with Crippen molar-refractivity contribution in [3.05, 3.63) is 71.3 Å². The molecule has 3 aromatic rings. The summed E-state index contributed by atoms with van der Waals surface area (Å²) in [5, 5.41) is 0. The standard InChI is InChI=1S/C25H20F2N4O2/c1-24(2,3)8-6-15-11-17-20(12-30-15)33-19-5-4-14(21-18(26)7-9-29-22(21)27)10-16(19)25(17)13-32-23(28)31-25/h4-5,7,9-12H,13H2,1-3H3,(H2,28,31)/t25-/m0/s1. The number of nitrogens with two attached hydrogens (primary N) is 1. The van der Waals surface area contributed by atoms with Gasteiger partial charge in [0.1, 0.15) is 23.9 Å². The van der Waals surface area contributed by atoms with E-state index in [2.05, 4.69) is 26.8 Å². The summed E-state index contributed by atoms with van der Waals surface area (Å²) in [4.78, 5) is 12.6. The highest BCUT2D eigenvalue weighted by Crippen LogP contribution is 2.51. The molecule has 2 aliphatic rings. The smallest absolute Gasteiger partial charge is 0.283 e. The molecule has 0 aliphatic carbocycles. The first-order valence-corrected chi connectivity index (χ1v) is 10.3. The average Bonchev–Trinajstić information content (AvgIpc) is 3.15. The first-order valence-electron chi connectivity index (χ1n) is 10.3. The van der Waals surface area contributed by atoms with Gasteiger partial charge >= 0.3 is 0 Å². The summed E-state index contributed by atoms with van der Waals surface area (Å²) in [6.07, 6.45) is 2.67. The Labute approximate surface area is 189 Å². The minimum absolute atomic E-state index is 0.0112. The van der Waals surface area contributed by atoms with Gasteiger partial charge in [0.05, 0.1) is 11.8 Å². The van der Waals surface area contributed by atoms with E-state index in [1.165, 1.54) is 0 Å². The fraction of sp³-hybridized carbons (Fsp3) is 0.240. The normalized spacial score (nSPS) is 18.4. The summed E-state index contributed by atoms with van der Waals surface area (Å²) >= 11 is 0. The molecule has 4 heterocycles. The molecule has 2 aliphatic heterocycles. The van der Waals surface area contributed by atoms with Crippen molar-refractivity contribution < 1.29 is 18.3 Å². The number of aromatic nitrogens is 2. The molecule has 0 radical (unpaired) electrons. The van der Waals surface area contributed by atoms with E-state index in [1.54, 1.807) is 30.5 Å². The molecule has 0 bridgehead atoms. The van der Waals surface area contributed by atoms with Crippen LogP contribution in [0.3, 0.4) is 0 Å². The second-order valence-electron chi connectivity index (χ2n) is 8.94. The van der Waals surface area contributed by atoms with E-state index in [4.69, 9.17) is 15.2 Å². The number of ether oxygens (including phenoxy) is 2. The topological polar surface area (TPSA) is 82.6 Å². The molecule has 1 aromatic carbocycles. The summed E-state index contributed by atoms with van der Waals surface area (Å²) in [6, 6.07) is 7.75. The Morgan fingerprint density at radius 3 is 2.55 bits per heavy atom. The van der Waals surface area contributed by atoms with Crippen LogP contribution in [0.4, 0.5) is 8.78 Å². The molecule has 5 rings (SSSR count). The van der Waals surface area contributed by atoms with Crippen LogP contribution in [0.25, 0.3) is 11.1 Å². The number of nitrogens with zero attached hydrogens (tertiary/aromatic N) is 3. The number of hydrogen-bond acceptors (Lipinski definition) is 6. The molecule has 0 unspecified atom stereocenters. The maximum atomic E-state index is 14.5. The molecule has 0 saturated carbocycles. The fourth-order valence-electron chi connectivity index (χ4n) is 3.91. The molecule has 0 saturated heterocycles. The zero-order chi connectivity index (χ0) is 23.4. The van der Waals surface area contributed by atoms with Crippen molar-refractivity contribution in [2.24, 2.45) is 16.1 Å². The Hall–Kier alpha value is -3.99. The van der Waals surface area contributed by atoms with Crippen molar-refractivity contribution in [1.29, 1.82) is 0 Å². The van der Waals surface area contributed by atoms with Gasteiger partial charge in [0.15, 0.2) is 11.3 Å². The minimum Gasteiger partial charge on any atom is -0.462 e. The lowest BCUT2D eigenvalue weighted by atomic mass is 9.80. The predicted molar refractivity (Wildman–Crippen MR) is 119 cm³/mol. The highest BCUT2D eigenvalue weighted by Gasteiger charge is 2.47. The quantitative estimate of drug-likeness (QED) is 0.439. The van der Waals surface area contributed by atoms with Gasteiger partial charge in [0.25, 0.3) is 6.02 Å². The van der Waals surface area contributed by atoms with E-state index in [0.29, 0.717) is 33.9 Å². The zero-order valence-corrected chi connectivity index (χ0v) is 18.2. The highest BCUT2D eigenvalue weighted by atomic mass is 19.1. The van der Waals surface area contributed by atoms with E-state index in [9.17, 15) is 8.78 Å². The number of fused-ring (bicyclic) bond motifs is 4. The number of benzene rings is 1. The van der Waals surface area contributed by atoms with E-state index in [1.807, 2.05) is 20.8 Å². The van der Waals surface area contributed by atoms with Crippen molar-refractivity contribution in [3.63, 3.8) is 0 Å². The predicted octanol–water partition coefficient (Wildman–Crippen LogP) is 4.51. The Bertz CT molecular complexity index is 1370. The Balaban J connectivity index is 1.71. The molecule has 1 atom stereocenters. The van der Waals surface area contributed by atoms with Crippen molar-refractivity contribution >= 4 is 6.02 Å². The van der Waals surface area contributed by atoms with Crippen LogP contribution in [0.15, 0.2) is 47.7 Å². The van der Waals surface area contributed by atoms with Gasteiger partial charge in [-0.1, -0.05) is 12.0 Å². The van der Waals surface area contributed by atoms with Crippen molar-refractivity contribution in [3.8, 4) is 34.5 Å². The summed E-state index contributed by atoms with van der Waals surface area (Å²) in [5.74, 6) is 5.57. The van der Waals surface area contributed by atoms with E-state index in [-0.39, 0.29) is 23.6 Å². The molecule has 6 nitrogen and oxygen atoms in total. The number of halogens is 2. The second kappa shape index (κ2) is 7.27. The highest BCUT2D eigenvalue weighted by molar-refractivity contribution is 5.78. The fourth-order valence-corrected chi connectivity index (χ4v) is 3.91. The number of amidine groups is 1. The van der Waals surface area contributed by atoms with Crippen molar-refractivity contribution in [2.45, 2.75) is 26.3 Å². The Morgan fingerprint density at radius 2 is 1.85 bits per heavy atom. The van der Waals surface area contributed by atoms with Crippen LogP contribution in [-0.4, -0.2) is 22.6 Å². The summed E-state index contributed by atoms with van der Waals surface area (Å²) < 4.78 is 40.5. The molecule has 0 fully saturated rings. The third kappa shape index (κ3) is 3.55. The van der Waals surface area contributed by atoms with Crippen molar-refractivity contribution in [2.75, 3.05) is 6.61 Å². The largest absolute Gasteiger partial charge is 0.462 e. The third-order valence-corrected chi connectivity index (χ3v) is 5.40. The lowest BCUT2D eigenvalue weighted by Gasteiger charge is -2.33. The molecular weight excluding hydrogens is 426 g/mol. The molecule has 166 valence electrons. The Kier molecular flexibility index (Phi) is 4.60. The van der Waals surface area contributed by atoms with E-state index >= 15 is 0 Å². The van der Waals surface area contributed by atoms with Gasteiger partial charge < -0.3 is 15.2 Å². The average molecular weight is 446 g/mol. The van der Waals surface area contributed by atoms with Crippen LogP contribution in [0, 0.1) is 29.0 Å². The SMILES string of the molecule is CC(C)(C)C#Cc1cc2c(cn1)Oc1ccc(-c3c(F)ccnc3F)cc1[C@@]21COC(N)=N1. The summed E-state index contributed by atoms with van der Waals surface area (Å²) in [7, 11) is 0. The lowest BCUT2D eigenvalue weighted by molar-refractivity contribution is 0.264. The van der Waals surface area contributed by atoms with Gasteiger partial charge in [-0.3, -0.25) is 0 Å². The van der Waals surface area contributed by atoms with Crippen LogP contribution < -0.4 is 10.5 Å². The first-order chi connectivity index (χ1) is 15.7. The third-order valence-electron chi connectivity index (χ3n) is 5.40. The van der Waals surface area contributed by atoms with Gasteiger partial charge in [0, 0.05) is 22.7 Å². The van der Waals surface area contributed by atoms with Gasteiger partial charge in [0.2, 0.25) is 5.95 Å². The van der Waals surface area contributed by atoms with Crippen LogP contribution in [0.2, 0.25) is 0 Å². The number of rotatable bonds is 1. The minimum atomic E-state index is -1.07. The number of pyridine rings is 2. The van der Waals surface area contributed by atoms with Gasteiger partial charge in [-0.05, 0) is 56.5 Å². The van der Waals surface area contributed by atoms with Gasteiger partial charge in [-0.15, -0.1) is 0 Å². The molecule has 8 heteroatoms. The molecule has 0 amide bonds. The zero-order valence-electron chi connectivity index (χ0n) is 18.2. The van der Waals surface area contributed by atoms with Crippen LogP contribution in [-0.2, 0) is 10.3 Å². The van der Waals surface area contributed by atoms with E-state index < -0.39 is 17.3 Å². The molecule has 33 heavy (non-hydrogen) atoms. The molecule has 1 spiro atoms. The molecular formula is C25H20F2N4O2. The summed E-state index contributed by atoms with van der Waals surface area (Å²) in [6.45, 7) is 6.12. The van der Waals surface area contributed by atoms with Crippen LogP contribution >= 0.6 is 0 Å². The van der Waals surface area contributed by atoms with E-state index in [0.717, 1.165) is 12.3 Å². The first kappa shape index (κ1) is 20.9. The van der Waals surface area contributed by atoms with Crippen LogP contribution in [0.5, 0.6) is 11.5 Å². The maximum absolute atomic E-state index is 14.5. The lowest BCUT2D eigenvalue weighted by Crippen LogP contribution is -2.31. The second-order valence-corrected chi connectivity index (χ2v) is 8.94. The number of aliphatic imine (C=N–C) groups is 1. The monoisotopic (exact) mass is 446 g/mol. The van der Waals surface area contributed by atoms with Gasteiger partial charge in [-0.2, -0.15) is 4.39 Å². The van der Waals surface area contributed by atoms with Crippen molar-refractivity contribution in [1.82, 2.24) is 9.97 Å². The Morgan fingerprint density at radius 1 is 1.06 bits per heavy atom. The number of hydrogen-bond donors (Lipinski definition) is 1. The van der Waals surface area contributed by atoms with Gasteiger partial charge in [-0.25, -0.2) is 19.4 Å². The van der Waals surface area contributed by atoms with Crippen LogP contribution in [0.1, 0.15) is 37.6 Å². The summed E-state index contributed by atoms with van der Waals surface area (Å²) in [5.41, 5.74) is 6.47. The molecule has 2 N–H and O–H groups in total.